The quantitative estimate of drug-likeness (QED) is 0.269. The van der Waals surface area contributed by atoms with Gasteiger partial charge in [0.05, 0.1) is 17.1 Å². The van der Waals surface area contributed by atoms with Crippen molar-refractivity contribution in [2.75, 3.05) is 0 Å². The smallest absolute Gasteiger partial charge is 0.282 e. The van der Waals surface area contributed by atoms with E-state index in [4.69, 9.17) is 4.74 Å². The van der Waals surface area contributed by atoms with Gasteiger partial charge in [-0.1, -0.05) is 57.0 Å². The molecule has 162 valence electrons. The van der Waals surface area contributed by atoms with Crippen molar-refractivity contribution in [3.8, 4) is 5.75 Å². The average Bonchev–Trinajstić information content (AvgIpc) is 2.79. The van der Waals surface area contributed by atoms with E-state index in [0.29, 0.717) is 40.0 Å². The first-order valence-electron chi connectivity index (χ1n) is 9.87. The largest absolute Gasteiger partial charge is 0.488 e. The van der Waals surface area contributed by atoms with Gasteiger partial charge in [0.25, 0.3) is 5.56 Å². The summed E-state index contributed by atoms with van der Waals surface area (Å²) < 4.78 is 22.7. The highest BCUT2D eigenvalue weighted by Gasteiger charge is 2.11. The van der Waals surface area contributed by atoms with Crippen LogP contribution >= 0.6 is 31.9 Å². The van der Waals surface area contributed by atoms with Crippen molar-refractivity contribution in [2.45, 2.75) is 20.0 Å². The molecular formula is C24H18Br2FN3O2. The van der Waals surface area contributed by atoms with Gasteiger partial charge in [-0.15, -0.1) is 0 Å². The Bertz CT molecular complexity index is 1390. The topological polar surface area (TPSA) is 56.5 Å². The molecular weight excluding hydrogens is 541 g/mol. The van der Waals surface area contributed by atoms with E-state index in [1.54, 1.807) is 42.6 Å². The van der Waals surface area contributed by atoms with Gasteiger partial charge < -0.3 is 4.74 Å². The van der Waals surface area contributed by atoms with Crippen LogP contribution in [0.25, 0.3) is 10.9 Å². The fourth-order valence-electron chi connectivity index (χ4n) is 3.19. The Labute approximate surface area is 200 Å². The van der Waals surface area contributed by atoms with Crippen LogP contribution in [0.1, 0.15) is 23.9 Å². The number of hydrogen-bond donors (Lipinski definition) is 0. The predicted octanol–water partition coefficient (Wildman–Crippen LogP) is 6.08. The first-order valence-corrected chi connectivity index (χ1v) is 11.5. The SMILES string of the molecule is CCc1nc2ccc(Br)cc2c(=O)n1N=Cc1cc(Br)ccc1OCc1ccccc1F. The summed E-state index contributed by atoms with van der Waals surface area (Å²) >= 11 is 6.85. The van der Waals surface area contributed by atoms with Crippen LogP contribution in [0.2, 0.25) is 0 Å². The van der Waals surface area contributed by atoms with Gasteiger partial charge in [0.15, 0.2) is 0 Å². The second-order valence-corrected chi connectivity index (χ2v) is 8.80. The molecule has 0 fully saturated rings. The lowest BCUT2D eigenvalue weighted by molar-refractivity contribution is 0.299. The molecule has 4 aromatic rings. The van der Waals surface area contributed by atoms with Crippen molar-refractivity contribution in [3.05, 3.63) is 103 Å². The van der Waals surface area contributed by atoms with E-state index in [2.05, 4.69) is 41.9 Å². The molecule has 3 aromatic carbocycles. The summed E-state index contributed by atoms with van der Waals surface area (Å²) in [6.07, 6.45) is 2.08. The second-order valence-electron chi connectivity index (χ2n) is 6.97. The molecule has 0 aliphatic rings. The number of aryl methyl sites for hydroxylation is 1. The van der Waals surface area contributed by atoms with Gasteiger partial charge in [0.1, 0.15) is 24.0 Å². The van der Waals surface area contributed by atoms with Gasteiger partial charge >= 0.3 is 0 Å². The molecule has 1 heterocycles. The van der Waals surface area contributed by atoms with Crippen molar-refractivity contribution < 1.29 is 9.13 Å². The van der Waals surface area contributed by atoms with Crippen LogP contribution in [-0.4, -0.2) is 15.9 Å². The predicted molar refractivity (Wildman–Crippen MR) is 131 cm³/mol. The van der Waals surface area contributed by atoms with Crippen molar-refractivity contribution in [1.82, 2.24) is 9.66 Å². The van der Waals surface area contributed by atoms with E-state index in [0.717, 1.165) is 8.95 Å². The van der Waals surface area contributed by atoms with Gasteiger partial charge in [-0.2, -0.15) is 9.78 Å². The van der Waals surface area contributed by atoms with Crippen LogP contribution in [0.4, 0.5) is 4.39 Å². The van der Waals surface area contributed by atoms with Crippen LogP contribution in [0.5, 0.6) is 5.75 Å². The van der Waals surface area contributed by atoms with E-state index in [9.17, 15) is 9.18 Å². The minimum Gasteiger partial charge on any atom is -0.488 e. The zero-order chi connectivity index (χ0) is 22.7. The summed E-state index contributed by atoms with van der Waals surface area (Å²) in [5, 5.41) is 4.90. The molecule has 4 rings (SSSR count). The summed E-state index contributed by atoms with van der Waals surface area (Å²) in [6.45, 7) is 1.99. The molecule has 0 radical (unpaired) electrons. The lowest BCUT2D eigenvalue weighted by Crippen LogP contribution is -2.22. The molecule has 0 saturated heterocycles. The third-order valence-electron chi connectivity index (χ3n) is 4.82. The fourth-order valence-corrected chi connectivity index (χ4v) is 3.93. The lowest BCUT2D eigenvalue weighted by Gasteiger charge is -2.11. The molecule has 0 N–H and O–H groups in total. The van der Waals surface area contributed by atoms with Crippen molar-refractivity contribution in [3.63, 3.8) is 0 Å². The van der Waals surface area contributed by atoms with Crippen molar-refractivity contribution in [1.29, 1.82) is 0 Å². The normalized spacial score (nSPS) is 11.4. The maximum atomic E-state index is 13.9. The standard InChI is InChI=1S/C24H18Br2FN3O2/c1-2-23-29-21-9-7-18(26)12-19(21)24(31)30(23)28-13-16-11-17(25)8-10-22(16)32-14-15-5-3-4-6-20(15)27/h3-13H,2,14H2,1H3. The Morgan fingerprint density at radius 3 is 2.62 bits per heavy atom. The molecule has 0 unspecified atom stereocenters. The maximum Gasteiger partial charge on any atom is 0.282 e. The summed E-state index contributed by atoms with van der Waals surface area (Å²) in [5.41, 5.74) is 1.46. The third kappa shape index (κ3) is 4.81. The van der Waals surface area contributed by atoms with Gasteiger partial charge in [-0.05, 0) is 42.5 Å². The first kappa shape index (κ1) is 22.4. The number of nitrogens with zero attached hydrogens (tertiary/aromatic N) is 3. The number of ether oxygens (including phenoxy) is 1. The lowest BCUT2D eigenvalue weighted by atomic mass is 10.2. The minimum atomic E-state index is -0.327. The van der Waals surface area contributed by atoms with Crippen LogP contribution in [0.15, 0.2) is 79.5 Å². The molecule has 0 atom stereocenters. The number of fused-ring (bicyclic) bond motifs is 1. The summed E-state index contributed by atoms with van der Waals surface area (Å²) in [5.74, 6) is 0.736. The van der Waals surface area contributed by atoms with Crippen molar-refractivity contribution >= 4 is 49.0 Å². The highest BCUT2D eigenvalue weighted by molar-refractivity contribution is 9.10. The number of hydrogen-bond acceptors (Lipinski definition) is 4. The maximum absolute atomic E-state index is 13.9. The van der Waals surface area contributed by atoms with E-state index in [1.165, 1.54) is 10.7 Å². The van der Waals surface area contributed by atoms with Crippen molar-refractivity contribution in [2.24, 2.45) is 5.10 Å². The molecule has 0 saturated carbocycles. The molecule has 8 heteroatoms. The molecule has 1 aromatic heterocycles. The van der Waals surface area contributed by atoms with Gasteiger partial charge in [-0.3, -0.25) is 4.79 Å². The first-order chi connectivity index (χ1) is 15.5. The van der Waals surface area contributed by atoms with E-state index in [1.807, 2.05) is 25.1 Å². The van der Waals surface area contributed by atoms with E-state index >= 15 is 0 Å². The Morgan fingerprint density at radius 2 is 1.84 bits per heavy atom. The Hall–Kier alpha value is -2.84. The monoisotopic (exact) mass is 557 g/mol. The third-order valence-corrected chi connectivity index (χ3v) is 5.80. The second kappa shape index (κ2) is 9.75. The molecule has 0 aliphatic heterocycles. The summed E-state index contributed by atoms with van der Waals surface area (Å²) in [4.78, 5) is 17.7. The Kier molecular flexibility index (Phi) is 6.81. The fraction of sp³-hybridized carbons (Fsp3) is 0.125. The van der Waals surface area contributed by atoms with Gasteiger partial charge in [0, 0.05) is 26.5 Å². The summed E-state index contributed by atoms with van der Waals surface area (Å²) in [7, 11) is 0. The average molecular weight is 559 g/mol. The zero-order valence-corrected chi connectivity index (χ0v) is 20.2. The number of benzene rings is 3. The van der Waals surface area contributed by atoms with E-state index < -0.39 is 0 Å². The van der Waals surface area contributed by atoms with Gasteiger partial charge in [-0.25, -0.2) is 9.37 Å². The van der Waals surface area contributed by atoms with E-state index in [-0.39, 0.29) is 18.0 Å². The highest BCUT2D eigenvalue weighted by Crippen LogP contribution is 2.23. The number of halogens is 3. The van der Waals surface area contributed by atoms with Crippen LogP contribution in [0.3, 0.4) is 0 Å². The Morgan fingerprint density at radius 1 is 1.09 bits per heavy atom. The van der Waals surface area contributed by atoms with Crippen LogP contribution in [-0.2, 0) is 13.0 Å². The highest BCUT2D eigenvalue weighted by atomic mass is 79.9. The minimum absolute atomic E-state index is 0.0703. The molecule has 32 heavy (non-hydrogen) atoms. The molecule has 0 spiro atoms. The molecule has 0 aliphatic carbocycles. The molecule has 0 amide bonds. The molecule has 0 bridgehead atoms. The Balaban J connectivity index is 1.71. The number of rotatable bonds is 6. The van der Waals surface area contributed by atoms with Crippen LogP contribution in [0, 0.1) is 5.82 Å². The number of aromatic nitrogens is 2. The van der Waals surface area contributed by atoms with Gasteiger partial charge in [0.2, 0.25) is 0 Å². The van der Waals surface area contributed by atoms with Crippen LogP contribution < -0.4 is 10.3 Å². The summed E-state index contributed by atoms with van der Waals surface area (Å²) in [6, 6.07) is 17.3. The molecule has 5 nitrogen and oxygen atoms in total. The zero-order valence-electron chi connectivity index (χ0n) is 17.1.